The molecule has 1 rings (SSSR count). The highest BCUT2D eigenvalue weighted by atomic mass is 16.3. The number of aliphatic hydroxyl groups is 1. The minimum atomic E-state index is -0.152. The summed E-state index contributed by atoms with van der Waals surface area (Å²) in [6.45, 7) is 4.84. The van der Waals surface area contributed by atoms with Crippen molar-refractivity contribution in [3.8, 4) is 0 Å². The quantitative estimate of drug-likeness (QED) is 0.481. The number of rotatable bonds is 2. The minimum Gasteiger partial charge on any atom is -0.391 e. The van der Waals surface area contributed by atoms with Crippen LogP contribution in [0.15, 0.2) is 0 Å². The van der Waals surface area contributed by atoms with E-state index in [4.69, 9.17) is 0 Å². The van der Waals surface area contributed by atoms with Crippen molar-refractivity contribution in [3.63, 3.8) is 0 Å². The maximum Gasteiger partial charge on any atom is 0.0717 e. The summed E-state index contributed by atoms with van der Waals surface area (Å²) < 4.78 is 0. The highest BCUT2D eigenvalue weighted by Gasteiger charge is 2.20. The van der Waals surface area contributed by atoms with Gasteiger partial charge in [0.2, 0.25) is 0 Å². The Morgan fingerprint density at radius 1 is 1.70 bits per heavy atom. The molecule has 0 radical (unpaired) electrons. The van der Waals surface area contributed by atoms with E-state index in [0.717, 1.165) is 26.1 Å². The van der Waals surface area contributed by atoms with E-state index in [-0.39, 0.29) is 12.1 Å². The third-order valence-corrected chi connectivity index (χ3v) is 1.91. The maximum atomic E-state index is 9.40. The van der Waals surface area contributed by atoms with E-state index in [9.17, 15) is 5.11 Å². The molecule has 0 unspecified atom stereocenters. The number of piperidine rings is 1. The molecule has 3 nitrogen and oxygen atoms in total. The molecule has 3 heteroatoms. The molecule has 0 aliphatic carbocycles. The molecule has 0 aromatic rings. The molecule has 3 N–H and O–H groups in total. The molecule has 1 fully saturated rings. The van der Waals surface area contributed by atoms with Crippen molar-refractivity contribution in [1.29, 1.82) is 0 Å². The van der Waals surface area contributed by atoms with Crippen molar-refractivity contribution >= 4 is 0 Å². The number of hydrogen-bond acceptors (Lipinski definition) is 3. The zero-order valence-corrected chi connectivity index (χ0v) is 6.43. The lowest BCUT2D eigenvalue weighted by molar-refractivity contribution is 0.100. The third kappa shape index (κ3) is 1.94. The Morgan fingerprint density at radius 2 is 2.50 bits per heavy atom. The van der Waals surface area contributed by atoms with Gasteiger partial charge in [0.15, 0.2) is 0 Å². The number of likely N-dealkylation sites (N-methyl/N-ethyl adjacent to an activating group) is 1. The molecule has 1 heterocycles. The maximum absolute atomic E-state index is 9.40. The molecule has 0 aromatic heterocycles. The van der Waals surface area contributed by atoms with E-state index in [2.05, 4.69) is 17.6 Å². The van der Waals surface area contributed by atoms with Crippen molar-refractivity contribution in [1.82, 2.24) is 10.6 Å². The molecule has 10 heavy (non-hydrogen) atoms. The van der Waals surface area contributed by atoms with Crippen molar-refractivity contribution in [2.24, 2.45) is 0 Å². The van der Waals surface area contributed by atoms with Crippen molar-refractivity contribution in [2.45, 2.75) is 25.5 Å². The Kier molecular flexibility index (Phi) is 3.12. The molecule has 1 saturated heterocycles. The van der Waals surface area contributed by atoms with Crippen LogP contribution in [0.1, 0.15) is 13.3 Å². The van der Waals surface area contributed by atoms with Gasteiger partial charge in [0.1, 0.15) is 0 Å². The molecule has 60 valence electrons. The summed E-state index contributed by atoms with van der Waals surface area (Å²) >= 11 is 0. The molecular weight excluding hydrogens is 128 g/mol. The molecule has 0 bridgehead atoms. The molecule has 1 aliphatic heterocycles. The van der Waals surface area contributed by atoms with Crippen molar-refractivity contribution < 1.29 is 5.11 Å². The van der Waals surface area contributed by atoms with Gasteiger partial charge in [-0.05, 0) is 19.5 Å². The summed E-state index contributed by atoms with van der Waals surface area (Å²) in [6, 6.07) is 0.263. The van der Waals surface area contributed by atoms with Crippen LogP contribution in [0.2, 0.25) is 0 Å². The van der Waals surface area contributed by atoms with Crippen LogP contribution in [-0.4, -0.2) is 36.9 Å². The average Bonchev–Trinajstić information content (AvgIpc) is 1.94. The topological polar surface area (TPSA) is 44.3 Å². The molecule has 0 saturated carbocycles. The summed E-state index contributed by atoms with van der Waals surface area (Å²) in [7, 11) is 0. The van der Waals surface area contributed by atoms with Crippen LogP contribution in [0, 0.1) is 0 Å². The standard InChI is InChI=1S/C7H16N2O/c1-2-9-6-5-8-4-3-7(6)10/h6-10H,2-5H2,1H3/t6-,7+/m0/s1. The van der Waals surface area contributed by atoms with Crippen molar-refractivity contribution in [3.05, 3.63) is 0 Å². The van der Waals surface area contributed by atoms with E-state index in [0.29, 0.717) is 0 Å². The lowest BCUT2D eigenvalue weighted by Crippen LogP contribution is -2.51. The molecule has 0 spiro atoms. The predicted octanol–water partition coefficient (Wildman–Crippen LogP) is -0.681. The molecular formula is C7H16N2O. The van der Waals surface area contributed by atoms with Crippen LogP contribution in [-0.2, 0) is 0 Å². The third-order valence-electron chi connectivity index (χ3n) is 1.91. The first-order valence-electron chi connectivity index (χ1n) is 3.96. The van der Waals surface area contributed by atoms with E-state index in [1.165, 1.54) is 0 Å². The second kappa shape index (κ2) is 3.91. The molecule has 0 aromatic carbocycles. The van der Waals surface area contributed by atoms with Gasteiger partial charge in [0, 0.05) is 12.6 Å². The van der Waals surface area contributed by atoms with E-state index < -0.39 is 0 Å². The van der Waals surface area contributed by atoms with Crippen LogP contribution >= 0.6 is 0 Å². The summed E-state index contributed by atoms with van der Waals surface area (Å²) in [4.78, 5) is 0. The van der Waals surface area contributed by atoms with Crippen LogP contribution in [0.25, 0.3) is 0 Å². The molecule has 1 aliphatic rings. The average molecular weight is 144 g/mol. The van der Waals surface area contributed by atoms with Crippen LogP contribution in [0.4, 0.5) is 0 Å². The second-order valence-corrected chi connectivity index (χ2v) is 2.72. The zero-order chi connectivity index (χ0) is 7.40. The van der Waals surface area contributed by atoms with Crippen LogP contribution in [0.3, 0.4) is 0 Å². The van der Waals surface area contributed by atoms with Gasteiger partial charge in [0.25, 0.3) is 0 Å². The highest BCUT2D eigenvalue weighted by molar-refractivity contribution is 4.82. The van der Waals surface area contributed by atoms with Gasteiger partial charge in [-0.3, -0.25) is 0 Å². The Labute approximate surface area is 61.8 Å². The highest BCUT2D eigenvalue weighted by Crippen LogP contribution is 2.01. The molecule has 2 atom stereocenters. The fraction of sp³-hybridized carbons (Fsp3) is 1.00. The lowest BCUT2D eigenvalue weighted by atomic mass is 10.0. The van der Waals surface area contributed by atoms with Gasteiger partial charge in [-0.1, -0.05) is 6.92 Å². The van der Waals surface area contributed by atoms with Gasteiger partial charge in [0.05, 0.1) is 6.10 Å². The number of nitrogens with one attached hydrogen (secondary N) is 2. The van der Waals surface area contributed by atoms with Gasteiger partial charge in [-0.15, -0.1) is 0 Å². The van der Waals surface area contributed by atoms with Gasteiger partial charge in [-0.25, -0.2) is 0 Å². The fourth-order valence-corrected chi connectivity index (χ4v) is 1.32. The zero-order valence-electron chi connectivity index (χ0n) is 6.43. The monoisotopic (exact) mass is 144 g/mol. The second-order valence-electron chi connectivity index (χ2n) is 2.72. The van der Waals surface area contributed by atoms with Crippen LogP contribution in [0.5, 0.6) is 0 Å². The molecule has 0 amide bonds. The van der Waals surface area contributed by atoms with Crippen LogP contribution < -0.4 is 10.6 Å². The minimum absolute atomic E-state index is 0.152. The normalized spacial score (nSPS) is 34.2. The smallest absolute Gasteiger partial charge is 0.0717 e. The summed E-state index contributed by atoms with van der Waals surface area (Å²) in [6.07, 6.45) is 0.721. The van der Waals surface area contributed by atoms with Gasteiger partial charge >= 0.3 is 0 Å². The Hall–Kier alpha value is -0.120. The van der Waals surface area contributed by atoms with E-state index in [1.54, 1.807) is 0 Å². The Bertz CT molecular complexity index is 95.6. The van der Waals surface area contributed by atoms with Gasteiger partial charge in [-0.2, -0.15) is 0 Å². The Balaban J connectivity index is 2.25. The lowest BCUT2D eigenvalue weighted by Gasteiger charge is -2.28. The first-order chi connectivity index (χ1) is 4.84. The van der Waals surface area contributed by atoms with E-state index >= 15 is 0 Å². The van der Waals surface area contributed by atoms with Crippen molar-refractivity contribution in [2.75, 3.05) is 19.6 Å². The largest absolute Gasteiger partial charge is 0.391 e. The first-order valence-corrected chi connectivity index (χ1v) is 3.96. The predicted molar refractivity (Wildman–Crippen MR) is 41.0 cm³/mol. The van der Waals surface area contributed by atoms with E-state index in [1.807, 2.05) is 0 Å². The number of hydrogen-bond donors (Lipinski definition) is 3. The SMILES string of the molecule is CCN[C@H]1CNCC[C@H]1O. The summed E-state index contributed by atoms with van der Waals surface area (Å²) in [5, 5.41) is 15.8. The van der Waals surface area contributed by atoms with Gasteiger partial charge < -0.3 is 15.7 Å². The Morgan fingerprint density at radius 3 is 3.10 bits per heavy atom. The first kappa shape index (κ1) is 7.98. The fourth-order valence-electron chi connectivity index (χ4n) is 1.32. The summed E-state index contributed by atoms with van der Waals surface area (Å²) in [5.74, 6) is 0. The number of aliphatic hydroxyl groups excluding tert-OH is 1. The summed E-state index contributed by atoms with van der Waals surface area (Å²) in [5.41, 5.74) is 0.